The monoisotopic (exact) mass is 272 g/mol. The lowest BCUT2D eigenvalue weighted by Gasteiger charge is -2.11. The van der Waals surface area contributed by atoms with Gasteiger partial charge < -0.3 is 9.30 Å². The second kappa shape index (κ2) is 5.74. The maximum Gasteiger partial charge on any atom is 0.179 e. The van der Waals surface area contributed by atoms with Crippen LogP contribution >= 0.6 is 0 Å². The van der Waals surface area contributed by atoms with E-state index in [1.165, 1.54) is 6.07 Å². The van der Waals surface area contributed by atoms with Crippen molar-refractivity contribution in [2.45, 2.75) is 20.5 Å². The number of rotatable bonds is 5. The van der Waals surface area contributed by atoms with Crippen LogP contribution < -0.4 is 0 Å². The highest BCUT2D eigenvalue weighted by Crippen LogP contribution is 2.19. The summed E-state index contributed by atoms with van der Waals surface area (Å²) in [6, 6.07) is 4.94. The van der Waals surface area contributed by atoms with Gasteiger partial charge in [-0.25, -0.2) is 9.37 Å². The van der Waals surface area contributed by atoms with Gasteiger partial charge in [0, 0.05) is 18.0 Å². The van der Waals surface area contributed by atoms with Crippen molar-refractivity contribution in [3.63, 3.8) is 0 Å². The molecule has 0 fully saturated rings. The largest absolute Gasteiger partial charge is 0.486 e. The lowest BCUT2D eigenvalue weighted by atomic mass is 10.1. The van der Waals surface area contributed by atoms with Crippen LogP contribution in [-0.4, -0.2) is 9.55 Å². The highest BCUT2D eigenvalue weighted by molar-refractivity contribution is 5.53. The van der Waals surface area contributed by atoms with Crippen molar-refractivity contribution in [3.8, 4) is 0 Å². The van der Waals surface area contributed by atoms with Crippen LogP contribution in [0, 0.1) is 19.7 Å². The predicted molar refractivity (Wildman–Crippen MR) is 78.3 cm³/mol. The molecule has 1 aromatic heterocycles. The smallest absolute Gasteiger partial charge is 0.179 e. The molecule has 0 saturated heterocycles. The maximum atomic E-state index is 13.7. The van der Waals surface area contributed by atoms with Crippen molar-refractivity contribution in [3.05, 3.63) is 66.0 Å². The lowest BCUT2D eigenvalue weighted by Crippen LogP contribution is -2.01. The van der Waals surface area contributed by atoms with E-state index in [-0.39, 0.29) is 12.4 Å². The van der Waals surface area contributed by atoms with Gasteiger partial charge in [0.25, 0.3) is 0 Å². The normalized spacial score (nSPS) is 10.3. The lowest BCUT2D eigenvalue weighted by molar-refractivity contribution is 0.256. The third kappa shape index (κ3) is 2.79. The summed E-state index contributed by atoms with van der Waals surface area (Å²) in [4.78, 5) is 4.31. The molecular formula is C16H17FN2O. The summed E-state index contributed by atoms with van der Waals surface area (Å²) >= 11 is 0. The maximum absolute atomic E-state index is 13.7. The Labute approximate surface area is 118 Å². The Bertz CT molecular complexity index is 638. The molecular weight excluding hydrogens is 255 g/mol. The van der Waals surface area contributed by atoms with Crippen LogP contribution in [0.2, 0.25) is 0 Å². The summed E-state index contributed by atoms with van der Waals surface area (Å²) < 4.78 is 21.0. The van der Waals surface area contributed by atoms with Gasteiger partial charge in [-0.1, -0.05) is 25.3 Å². The van der Waals surface area contributed by atoms with Crippen molar-refractivity contribution in [1.29, 1.82) is 0 Å². The molecule has 1 aromatic carbocycles. The van der Waals surface area contributed by atoms with Crippen molar-refractivity contribution in [2.24, 2.45) is 0 Å². The number of ether oxygens (including phenoxy) is 1. The summed E-state index contributed by atoms with van der Waals surface area (Å²) in [7, 11) is 0. The molecule has 1 heterocycles. The van der Waals surface area contributed by atoms with Crippen LogP contribution in [0.1, 0.15) is 22.6 Å². The van der Waals surface area contributed by atoms with Gasteiger partial charge in [-0.2, -0.15) is 0 Å². The van der Waals surface area contributed by atoms with Gasteiger partial charge in [0.05, 0.1) is 5.69 Å². The minimum Gasteiger partial charge on any atom is -0.486 e. The van der Waals surface area contributed by atoms with Gasteiger partial charge in [-0.15, -0.1) is 0 Å². The van der Waals surface area contributed by atoms with Gasteiger partial charge in [0.1, 0.15) is 12.4 Å². The SMILES string of the molecule is C=Cn1cc(C)nc1C(=C)OCc1c(C)cccc1F. The average molecular weight is 272 g/mol. The summed E-state index contributed by atoms with van der Waals surface area (Å²) in [5.41, 5.74) is 2.22. The number of hydrogen-bond donors (Lipinski definition) is 0. The van der Waals surface area contributed by atoms with Crippen LogP contribution in [0.4, 0.5) is 4.39 Å². The van der Waals surface area contributed by atoms with E-state index in [1.54, 1.807) is 16.8 Å². The molecule has 0 atom stereocenters. The number of nitrogens with zero attached hydrogens (tertiary/aromatic N) is 2. The Morgan fingerprint density at radius 2 is 2.20 bits per heavy atom. The minimum atomic E-state index is -0.277. The van der Waals surface area contributed by atoms with Crippen LogP contribution in [0.5, 0.6) is 0 Å². The highest BCUT2D eigenvalue weighted by Gasteiger charge is 2.11. The Kier molecular flexibility index (Phi) is 4.03. The number of benzene rings is 1. The highest BCUT2D eigenvalue weighted by atomic mass is 19.1. The van der Waals surface area contributed by atoms with Gasteiger partial charge >= 0.3 is 0 Å². The fourth-order valence-corrected chi connectivity index (χ4v) is 1.93. The zero-order valence-corrected chi connectivity index (χ0v) is 11.7. The molecule has 0 N–H and O–H groups in total. The first-order valence-electron chi connectivity index (χ1n) is 6.27. The fourth-order valence-electron chi connectivity index (χ4n) is 1.93. The van der Waals surface area contributed by atoms with Crippen molar-refractivity contribution < 1.29 is 9.13 Å². The van der Waals surface area contributed by atoms with E-state index in [0.717, 1.165) is 11.3 Å². The summed E-state index contributed by atoms with van der Waals surface area (Å²) in [6.07, 6.45) is 3.45. The number of aromatic nitrogens is 2. The Morgan fingerprint density at radius 3 is 2.85 bits per heavy atom. The first-order valence-corrected chi connectivity index (χ1v) is 6.27. The standard InChI is InChI=1S/C16H17FN2O/c1-5-19-9-12(3)18-16(19)13(4)20-10-14-11(2)7-6-8-15(14)17/h5-9H,1,4,10H2,2-3H3. The molecule has 2 aromatic rings. The Balaban J connectivity index is 2.15. The third-order valence-corrected chi connectivity index (χ3v) is 3.04. The fraction of sp³-hybridized carbons (Fsp3) is 0.188. The van der Waals surface area contributed by atoms with E-state index in [2.05, 4.69) is 18.1 Å². The van der Waals surface area contributed by atoms with Gasteiger partial charge in [-0.3, -0.25) is 0 Å². The topological polar surface area (TPSA) is 27.1 Å². The number of imidazole rings is 1. The molecule has 0 aliphatic rings. The van der Waals surface area contributed by atoms with Crippen LogP contribution in [0.15, 0.2) is 37.6 Å². The van der Waals surface area contributed by atoms with E-state index in [4.69, 9.17) is 4.74 Å². The number of halogens is 1. The van der Waals surface area contributed by atoms with E-state index in [0.29, 0.717) is 17.1 Å². The van der Waals surface area contributed by atoms with E-state index in [9.17, 15) is 4.39 Å². The molecule has 2 rings (SSSR count). The summed E-state index contributed by atoms with van der Waals surface area (Å²) in [5, 5.41) is 0. The molecule has 0 amide bonds. The molecule has 20 heavy (non-hydrogen) atoms. The second-order valence-corrected chi connectivity index (χ2v) is 4.54. The van der Waals surface area contributed by atoms with Gasteiger partial charge in [-0.05, 0) is 25.5 Å². The summed E-state index contributed by atoms with van der Waals surface area (Å²) in [5.74, 6) is 0.688. The van der Waals surface area contributed by atoms with Crippen molar-refractivity contribution in [2.75, 3.05) is 0 Å². The number of aryl methyl sites for hydroxylation is 2. The number of hydrogen-bond acceptors (Lipinski definition) is 2. The Morgan fingerprint density at radius 1 is 1.45 bits per heavy atom. The zero-order valence-electron chi connectivity index (χ0n) is 11.7. The minimum absolute atomic E-state index is 0.125. The molecule has 0 unspecified atom stereocenters. The van der Waals surface area contributed by atoms with Crippen LogP contribution in [-0.2, 0) is 11.3 Å². The quantitative estimate of drug-likeness (QED) is 0.771. The van der Waals surface area contributed by atoms with Crippen LogP contribution in [0.25, 0.3) is 12.0 Å². The predicted octanol–water partition coefficient (Wildman–Crippen LogP) is 3.93. The third-order valence-electron chi connectivity index (χ3n) is 3.04. The molecule has 104 valence electrons. The van der Waals surface area contributed by atoms with E-state index < -0.39 is 0 Å². The Hall–Kier alpha value is -2.36. The molecule has 4 heteroatoms. The first kappa shape index (κ1) is 14.1. The summed E-state index contributed by atoms with van der Waals surface area (Å²) in [6.45, 7) is 11.4. The van der Waals surface area contributed by atoms with E-state index in [1.807, 2.05) is 26.1 Å². The zero-order chi connectivity index (χ0) is 14.7. The van der Waals surface area contributed by atoms with E-state index >= 15 is 0 Å². The average Bonchev–Trinajstić information content (AvgIpc) is 2.79. The molecule has 0 spiro atoms. The first-order chi connectivity index (χ1) is 9.52. The second-order valence-electron chi connectivity index (χ2n) is 4.54. The van der Waals surface area contributed by atoms with Crippen molar-refractivity contribution in [1.82, 2.24) is 9.55 Å². The molecule has 3 nitrogen and oxygen atoms in total. The molecule has 0 aliphatic carbocycles. The van der Waals surface area contributed by atoms with Crippen molar-refractivity contribution >= 4 is 12.0 Å². The molecule has 0 saturated carbocycles. The van der Waals surface area contributed by atoms with Gasteiger partial charge in [0.15, 0.2) is 11.6 Å². The van der Waals surface area contributed by atoms with Gasteiger partial charge in [0.2, 0.25) is 0 Å². The molecule has 0 bridgehead atoms. The van der Waals surface area contributed by atoms with Crippen LogP contribution in [0.3, 0.4) is 0 Å². The molecule has 0 aliphatic heterocycles. The molecule has 0 radical (unpaired) electrons.